The van der Waals surface area contributed by atoms with E-state index < -0.39 is 0 Å². The van der Waals surface area contributed by atoms with Crippen LogP contribution in [0.5, 0.6) is 0 Å². The zero-order valence-corrected chi connectivity index (χ0v) is 8.69. The first-order chi connectivity index (χ1) is 6.86. The molecule has 1 fully saturated rings. The summed E-state index contributed by atoms with van der Waals surface area (Å²) in [4.78, 5) is 2.01. The molecule has 0 aromatic rings. The number of aliphatic hydroxyl groups excluding tert-OH is 2. The van der Waals surface area contributed by atoms with Crippen molar-refractivity contribution in [3.8, 4) is 0 Å². The Bertz CT molecular complexity index is 133. The minimum Gasteiger partial charge on any atom is -0.395 e. The summed E-state index contributed by atoms with van der Waals surface area (Å²) in [7, 11) is 0. The lowest BCUT2D eigenvalue weighted by molar-refractivity contribution is -0.00989. The molecule has 0 aromatic heterocycles. The average molecular weight is 203 g/mol. The van der Waals surface area contributed by atoms with Gasteiger partial charge in [0.05, 0.1) is 25.9 Å². The highest BCUT2D eigenvalue weighted by atomic mass is 16.5. The van der Waals surface area contributed by atoms with Crippen LogP contribution in [-0.2, 0) is 4.74 Å². The molecule has 1 aliphatic rings. The van der Waals surface area contributed by atoms with Crippen LogP contribution in [0.15, 0.2) is 0 Å². The summed E-state index contributed by atoms with van der Waals surface area (Å²) in [5.41, 5.74) is 0. The molecule has 4 nitrogen and oxygen atoms in total. The van der Waals surface area contributed by atoms with E-state index in [-0.39, 0.29) is 13.2 Å². The number of aliphatic hydroxyl groups is 2. The predicted octanol–water partition coefficient (Wildman–Crippen LogP) is -0.158. The van der Waals surface area contributed by atoms with Crippen molar-refractivity contribution < 1.29 is 14.9 Å². The van der Waals surface area contributed by atoms with E-state index in [1.807, 2.05) is 4.90 Å². The lowest BCUT2D eigenvalue weighted by Crippen LogP contribution is -2.34. The van der Waals surface area contributed by atoms with Crippen LogP contribution in [0.4, 0.5) is 0 Å². The van der Waals surface area contributed by atoms with E-state index >= 15 is 0 Å². The van der Waals surface area contributed by atoms with Gasteiger partial charge in [0, 0.05) is 19.6 Å². The van der Waals surface area contributed by atoms with Gasteiger partial charge in [-0.1, -0.05) is 0 Å². The molecule has 0 aromatic carbocycles. The summed E-state index contributed by atoms with van der Waals surface area (Å²) in [6.45, 7) is 3.04. The second-order valence-electron chi connectivity index (χ2n) is 3.71. The molecular formula is C10H21NO3. The summed E-state index contributed by atoms with van der Waals surface area (Å²) in [5, 5.41) is 17.5. The number of hydrogen-bond acceptors (Lipinski definition) is 4. The zero-order valence-electron chi connectivity index (χ0n) is 8.69. The molecule has 1 saturated carbocycles. The van der Waals surface area contributed by atoms with Crippen LogP contribution in [0, 0.1) is 0 Å². The minimum atomic E-state index is 0.142. The normalized spacial score (nSPS) is 17.4. The van der Waals surface area contributed by atoms with Crippen molar-refractivity contribution in [3.05, 3.63) is 0 Å². The summed E-state index contributed by atoms with van der Waals surface area (Å²) >= 11 is 0. The van der Waals surface area contributed by atoms with Gasteiger partial charge in [-0.2, -0.15) is 0 Å². The summed E-state index contributed by atoms with van der Waals surface area (Å²) in [6, 6.07) is 0. The van der Waals surface area contributed by atoms with Gasteiger partial charge in [-0.3, -0.25) is 4.90 Å². The van der Waals surface area contributed by atoms with Crippen LogP contribution < -0.4 is 0 Å². The van der Waals surface area contributed by atoms with E-state index in [1.54, 1.807) is 0 Å². The van der Waals surface area contributed by atoms with Crippen LogP contribution in [-0.4, -0.2) is 60.7 Å². The van der Waals surface area contributed by atoms with E-state index in [4.69, 9.17) is 14.9 Å². The third kappa shape index (κ3) is 4.37. The molecule has 0 bridgehead atoms. The van der Waals surface area contributed by atoms with Crippen molar-refractivity contribution in [1.29, 1.82) is 0 Å². The van der Waals surface area contributed by atoms with Crippen molar-refractivity contribution in [2.24, 2.45) is 0 Å². The van der Waals surface area contributed by atoms with Crippen LogP contribution >= 0.6 is 0 Å². The fraction of sp³-hybridized carbons (Fsp3) is 1.00. The molecule has 0 aliphatic heterocycles. The highest BCUT2D eigenvalue weighted by Crippen LogP contribution is 2.21. The maximum atomic E-state index is 8.77. The Morgan fingerprint density at radius 2 is 1.71 bits per heavy atom. The Balaban J connectivity index is 1.99. The molecule has 1 rings (SSSR count). The maximum Gasteiger partial charge on any atom is 0.0597 e. The fourth-order valence-electron chi connectivity index (χ4n) is 1.50. The standard InChI is InChI=1S/C10H21NO3/c12-7-4-11(5-8-13)6-9-14-10-2-1-3-10/h10,12-13H,1-9H2. The van der Waals surface area contributed by atoms with Crippen molar-refractivity contribution in [3.63, 3.8) is 0 Å². The van der Waals surface area contributed by atoms with E-state index in [2.05, 4.69) is 0 Å². The summed E-state index contributed by atoms with van der Waals surface area (Å²) < 4.78 is 5.60. The van der Waals surface area contributed by atoms with E-state index in [1.165, 1.54) is 19.3 Å². The van der Waals surface area contributed by atoms with Crippen molar-refractivity contribution in [2.45, 2.75) is 25.4 Å². The number of nitrogens with zero attached hydrogens (tertiary/aromatic N) is 1. The highest BCUT2D eigenvalue weighted by Gasteiger charge is 2.17. The molecule has 1 aliphatic carbocycles. The molecule has 0 unspecified atom stereocenters. The molecule has 2 N–H and O–H groups in total. The second kappa shape index (κ2) is 7.17. The summed E-state index contributed by atoms with van der Waals surface area (Å²) in [5.74, 6) is 0. The predicted molar refractivity (Wildman–Crippen MR) is 54.2 cm³/mol. The molecule has 14 heavy (non-hydrogen) atoms. The first kappa shape index (κ1) is 11.9. The average Bonchev–Trinajstić information content (AvgIpc) is 2.10. The Morgan fingerprint density at radius 3 is 2.14 bits per heavy atom. The van der Waals surface area contributed by atoms with Crippen LogP contribution in [0.1, 0.15) is 19.3 Å². The van der Waals surface area contributed by atoms with Gasteiger partial charge in [0.15, 0.2) is 0 Å². The Labute approximate surface area is 85.5 Å². The molecule has 84 valence electrons. The van der Waals surface area contributed by atoms with Gasteiger partial charge in [-0.15, -0.1) is 0 Å². The second-order valence-corrected chi connectivity index (χ2v) is 3.71. The maximum absolute atomic E-state index is 8.77. The molecule has 0 radical (unpaired) electrons. The van der Waals surface area contributed by atoms with Gasteiger partial charge < -0.3 is 14.9 Å². The van der Waals surface area contributed by atoms with E-state index in [9.17, 15) is 0 Å². The zero-order chi connectivity index (χ0) is 10.2. The van der Waals surface area contributed by atoms with Gasteiger partial charge in [-0.25, -0.2) is 0 Å². The molecule has 0 atom stereocenters. The molecule has 0 spiro atoms. The molecule has 0 amide bonds. The highest BCUT2D eigenvalue weighted by molar-refractivity contribution is 4.69. The summed E-state index contributed by atoms with van der Waals surface area (Å²) in [6.07, 6.45) is 4.15. The first-order valence-electron chi connectivity index (χ1n) is 5.42. The van der Waals surface area contributed by atoms with Gasteiger partial charge in [0.2, 0.25) is 0 Å². The van der Waals surface area contributed by atoms with Crippen molar-refractivity contribution >= 4 is 0 Å². The van der Waals surface area contributed by atoms with Gasteiger partial charge in [-0.05, 0) is 19.3 Å². The Kier molecular flexibility index (Phi) is 6.10. The Morgan fingerprint density at radius 1 is 1.07 bits per heavy atom. The molecular weight excluding hydrogens is 182 g/mol. The monoisotopic (exact) mass is 203 g/mol. The van der Waals surface area contributed by atoms with Crippen molar-refractivity contribution in [2.75, 3.05) is 39.5 Å². The van der Waals surface area contributed by atoms with E-state index in [0.717, 1.165) is 6.54 Å². The molecule has 0 saturated heterocycles. The number of rotatable bonds is 8. The minimum absolute atomic E-state index is 0.142. The first-order valence-corrected chi connectivity index (χ1v) is 5.42. The van der Waals surface area contributed by atoms with Crippen LogP contribution in [0.25, 0.3) is 0 Å². The Hall–Kier alpha value is -0.160. The lowest BCUT2D eigenvalue weighted by Gasteiger charge is -2.27. The van der Waals surface area contributed by atoms with Crippen LogP contribution in [0.3, 0.4) is 0 Å². The number of hydrogen-bond donors (Lipinski definition) is 2. The van der Waals surface area contributed by atoms with Gasteiger partial charge >= 0.3 is 0 Å². The number of ether oxygens (including phenoxy) is 1. The SMILES string of the molecule is OCCN(CCO)CCOC1CCC1. The largest absolute Gasteiger partial charge is 0.395 e. The van der Waals surface area contributed by atoms with Crippen LogP contribution in [0.2, 0.25) is 0 Å². The smallest absolute Gasteiger partial charge is 0.0597 e. The topological polar surface area (TPSA) is 52.9 Å². The fourth-order valence-corrected chi connectivity index (χ4v) is 1.50. The third-order valence-electron chi connectivity index (χ3n) is 2.65. The molecule has 4 heteroatoms. The van der Waals surface area contributed by atoms with Gasteiger partial charge in [0.25, 0.3) is 0 Å². The third-order valence-corrected chi connectivity index (χ3v) is 2.65. The van der Waals surface area contributed by atoms with Crippen molar-refractivity contribution in [1.82, 2.24) is 4.90 Å². The lowest BCUT2D eigenvalue weighted by atomic mass is 9.96. The molecule has 0 heterocycles. The quantitative estimate of drug-likeness (QED) is 0.575. The van der Waals surface area contributed by atoms with E-state index in [0.29, 0.717) is 25.8 Å². The van der Waals surface area contributed by atoms with Gasteiger partial charge in [0.1, 0.15) is 0 Å².